The number of nitrogens with zero attached hydrogens (tertiary/aromatic N) is 2. The van der Waals surface area contributed by atoms with Crippen LogP contribution in [0.25, 0.3) is 0 Å². The number of likely N-dealkylation sites (N-methyl/N-ethyl adjacent to an activating group) is 1. The molecular formula is C19H31N5O. The van der Waals surface area contributed by atoms with Crippen molar-refractivity contribution in [3.8, 4) is 0 Å². The molecule has 1 unspecified atom stereocenters. The minimum absolute atomic E-state index is 0.0663. The van der Waals surface area contributed by atoms with Gasteiger partial charge in [-0.15, -0.1) is 0 Å². The summed E-state index contributed by atoms with van der Waals surface area (Å²) in [5.41, 5.74) is 2.50. The van der Waals surface area contributed by atoms with E-state index in [0.717, 1.165) is 19.6 Å². The van der Waals surface area contributed by atoms with Gasteiger partial charge in [-0.1, -0.05) is 12.1 Å². The van der Waals surface area contributed by atoms with E-state index in [4.69, 9.17) is 0 Å². The summed E-state index contributed by atoms with van der Waals surface area (Å²) in [6.07, 6.45) is 2.55. The topological polar surface area (TPSA) is 68.8 Å². The van der Waals surface area contributed by atoms with Gasteiger partial charge in [0.1, 0.15) is 6.54 Å². The molecule has 0 aliphatic carbocycles. The van der Waals surface area contributed by atoms with Crippen LogP contribution in [0.15, 0.2) is 29.3 Å². The summed E-state index contributed by atoms with van der Waals surface area (Å²) >= 11 is 0. The maximum atomic E-state index is 11.6. The van der Waals surface area contributed by atoms with Crippen molar-refractivity contribution in [2.45, 2.75) is 39.7 Å². The van der Waals surface area contributed by atoms with E-state index >= 15 is 0 Å². The molecule has 6 nitrogen and oxygen atoms in total. The zero-order chi connectivity index (χ0) is 18.1. The van der Waals surface area contributed by atoms with Gasteiger partial charge in [-0.3, -0.25) is 4.79 Å². The number of carbonyl (C=O) groups excluding carboxylic acids is 1. The average molecular weight is 345 g/mol. The molecule has 0 spiro atoms. The van der Waals surface area contributed by atoms with Crippen LogP contribution in [0.2, 0.25) is 0 Å². The fraction of sp³-hybridized carbons (Fsp3) is 0.579. The highest BCUT2D eigenvalue weighted by atomic mass is 16.1. The maximum Gasteiger partial charge on any atom is 0.241 e. The quantitative estimate of drug-likeness (QED) is 0.522. The molecule has 1 saturated heterocycles. The van der Waals surface area contributed by atoms with E-state index in [2.05, 4.69) is 57.0 Å². The van der Waals surface area contributed by atoms with Crippen LogP contribution < -0.4 is 20.9 Å². The zero-order valence-electron chi connectivity index (χ0n) is 15.6. The smallest absolute Gasteiger partial charge is 0.241 e. The second-order valence-corrected chi connectivity index (χ2v) is 6.30. The predicted molar refractivity (Wildman–Crippen MR) is 104 cm³/mol. The van der Waals surface area contributed by atoms with Crippen molar-refractivity contribution in [1.29, 1.82) is 0 Å². The van der Waals surface area contributed by atoms with Gasteiger partial charge >= 0.3 is 0 Å². The molecule has 1 fully saturated rings. The van der Waals surface area contributed by atoms with Gasteiger partial charge in [0.25, 0.3) is 0 Å². The first-order chi connectivity index (χ1) is 12.1. The van der Waals surface area contributed by atoms with E-state index in [9.17, 15) is 4.79 Å². The molecule has 1 aliphatic rings. The lowest BCUT2D eigenvalue weighted by atomic mass is 10.1. The molecule has 1 aliphatic heterocycles. The average Bonchev–Trinajstić information content (AvgIpc) is 3.15. The standard InChI is InChI=1S/C19H31N5O/c1-4-20-18(25)14-22-19(21-5-2)23-15(3)16-9-8-10-17(13-16)24-11-6-7-12-24/h8-10,13,15H,4-7,11-12,14H2,1-3H3,(H,20,25)(H2,21,22,23). The van der Waals surface area contributed by atoms with E-state index in [0.29, 0.717) is 12.5 Å². The van der Waals surface area contributed by atoms with Crippen molar-refractivity contribution in [2.75, 3.05) is 37.6 Å². The van der Waals surface area contributed by atoms with Gasteiger partial charge < -0.3 is 20.9 Å². The third-order valence-electron chi connectivity index (χ3n) is 4.29. The zero-order valence-corrected chi connectivity index (χ0v) is 15.6. The normalized spacial score (nSPS) is 15.8. The largest absolute Gasteiger partial charge is 0.372 e. The van der Waals surface area contributed by atoms with E-state index in [1.54, 1.807) is 0 Å². The van der Waals surface area contributed by atoms with Crippen LogP contribution in [0.3, 0.4) is 0 Å². The van der Waals surface area contributed by atoms with E-state index in [-0.39, 0.29) is 18.5 Å². The van der Waals surface area contributed by atoms with Crippen molar-refractivity contribution in [1.82, 2.24) is 16.0 Å². The minimum atomic E-state index is -0.0663. The van der Waals surface area contributed by atoms with Gasteiger partial charge in [-0.25, -0.2) is 4.99 Å². The Hall–Kier alpha value is -2.24. The Bertz CT molecular complexity index is 581. The highest BCUT2D eigenvalue weighted by Crippen LogP contribution is 2.23. The van der Waals surface area contributed by atoms with Crippen LogP contribution in [-0.2, 0) is 4.79 Å². The molecule has 0 bridgehead atoms. The molecule has 0 saturated carbocycles. The van der Waals surface area contributed by atoms with Gasteiger partial charge in [0.05, 0.1) is 6.04 Å². The summed E-state index contributed by atoms with van der Waals surface area (Å²) in [7, 11) is 0. The lowest BCUT2D eigenvalue weighted by molar-refractivity contribution is -0.119. The van der Waals surface area contributed by atoms with Crippen LogP contribution in [-0.4, -0.2) is 44.6 Å². The fourth-order valence-electron chi connectivity index (χ4n) is 2.98. The van der Waals surface area contributed by atoms with Gasteiger partial charge in [0.2, 0.25) is 5.91 Å². The summed E-state index contributed by atoms with van der Waals surface area (Å²) in [5, 5.41) is 9.35. The number of rotatable bonds is 7. The first-order valence-electron chi connectivity index (χ1n) is 9.30. The summed E-state index contributed by atoms with van der Waals surface area (Å²) in [6.45, 7) is 9.82. The molecule has 0 radical (unpaired) electrons. The number of guanidine groups is 1. The second-order valence-electron chi connectivity index (χ2n) is 6.30. The Labute approximate surface area is 151 Å². The Morgan fingerprint density at radius 2 is 1.92 bits per heavy atom. The second kappa shape index (κ2) is 9.91. The predicted octanol–water partition coefficient (Wildman–Crippen LogP) is 2.04. The third-order valence-corrected chi connectivity index (χ3v) is 4.29. The van der Waals surface area contributed by atoms with Crippen LogP contribution >= 0.6 is 0 Å². The Morgan fingerprint density at radius 3 is 2.60 bits per heavy atom. The molecule has 1 heterocycles. The Morgan fingerprint density at radius 1 is 1.20 bits per heavy atom. The van der Waals surface area contributed by atoms with Crippen molar-refractivity contribution in [3.63, 3.8) is 0 Å². The van der Waals surface area contributed by atoms with Crippen LogP contribution in [0.5, 0.6) is 0 Å². The van der Waals surface area contributed by atoms with Gasteiger partial charge in [0.15, 0.2) is 5.96 Å². The minimum Gasteiger partial charge on any atom is -0.372 e. The maximum absolute atomic E-state index is 11.6. The molecular weight excluding hydrogens is 314 g/mol. The summed E-state index contributed by atoms with van der Waals surface area (Å²) in [6, 6.07) is 8.77. The number of benzene rings is 1. The molecule has 1 atom stereocenters. The molecule has 3 N–H and O–H groups in total. The highest BCUT2D eigenvalue weighted by Gasteiger charge is 2.14. The van der Waals surface area contributed by atoms with Crippen LogP contribution in [0.4, 0.5) is 5.69 Å². The third kappa shape index (κ3) is 5.96. The summed E-state index contributed by atoms with van der Waals surface area (Å²) < 4.78 is 0. The van der Waals surface area contributed by atoms with Crippen LogP contribution in [0.1, 0.15) is 45.2 Å². The summed E-state index contributed by atoms with van der Waals surface area (Å²) in [4.78, 5) is 18.4. The number of hydrogen-bond acceptors (Lipinski definition) is 3. The number of hydrogen-bond donors (Lipinski definition) is 3. The molecule has 0 aromatic heterocycles. The Kier molecular flexibility index (Phi) is 7.57. The number of nitrogens with one attached hydrogen (secondary N) is 3. The molecule has 138 valence electrons. The van der Waals surface area contributed by atoms with E-state index < -0.39 is 0 Å². The van der Waals surface area contributed by atoms with Gasteiger partial charge in [-0.2, -0.15) is 0 Å². The Balaban J connectivity index is 2.02. The van der Waals surface area contributed by atoms with Crippen molar-refractivity contribution < 1.29 is 4.79 Å². The number of carbonyl (C=O) groups is 1. The van der Waals surface area contributed by atoms with Crippen LogP contribution in [0, 0.1) is 0 Å². The van der Waals surface area contributed by atoms with Gasteiger partial charge in [-0.05, 0) is 51.3 Å². The SMILES string of the molecule is CCNC(=O)CN=C(NCC)NC(C)c1cccc(N2CCCC2)c1. The van der Waals surface area contributed by atoms with Crippen molar-refractivity contribution in [3.05, 3.63) is 29.8 Å². The summed E-state index contributed by atoms with van der Waals surface area (Å²) in [5.74, 6) is 0.594. The van der Waals surface area contributed by atoms with Gasteiger partial charge in [0, 0.05) is 31.9 Å². The van der Waals surface area contributed by atoms with E-state index in [1.807, 2.05) is 13.8 Å². The number of anilines is 1. The monoisotopic (exact) mass is 345 g/mol. The lowest BCUT2D eigenvalue weighted by Gasteiger charge is -2.22. The first-order valence-corrected chi connectivity index (χ1v) is 9.30. The molecule has 2 rings (SSSR count). The van der Waals surface area contributed by atoms with Crippen molar-refractivity contribution in [2.24, 2.45) is 4.99 Å². The molecule has 1 aromatic carbocycles. The first kappa shape index (κ1) is 19.1. The van der Waals surface area contributed by atoms with Crippen molar-refractivity contribution >= 4 is 17.6 Å². The highest BCUT2D eigenvalue weighted by molar-refractivity contribution is 5.85. The molecule has 25 heavy (non-hydrogen) atoms. The molecule has 1 amide bonds. The number of aliphatic imine (C=N–C) groups is 1. The fourth-order valence-corrected chi connectivity index (χ4v) is 2.98. The lowest BCUT2D eigenvalue weighted by Crippen LogP contribution is -2.39. The molecule has 6 heteroatoms. The van der Waals surface area contributed by atoms with E-state index in [1.165, 1.54) is 24.1 Å². The molecule has 1 aromatic rings. The number of amides is 1.